The number of hydrogen-bond donors (Lipinski definition) is 1. The number of methoxy groups -OCH3 is 3. The smallest absolute Gasteiger partial charge is 0.271 e. The summed E-state index contributed by atoms with van der Waals surface area (Å²) >= 11 is 18.5. The minimum atomic E-state index is -0.421. The van der Waals surface area contributed by atoms with E-state index in [2.05, 4.69) is 10.5 Å². The third kappa shape index (κ3) is 6.26. The first-order chi connectivity index (χ1) is 16.4. The van der Waals surface area contributed by atoms with Crippen molar-refractivity contribution in [1.82, 2.24) is 5.43 Å². The van der Waals surface area contributed by atoms with Crippen LogP contribution in [0.5, 0.6) is 23.0 Å². The van der Waals surface area contributed by atoms with Crippen molar-refractivity contribution < 1.29 is 23.7 Å². The molecule has 10 heteroatoms. The topological polar surface area (TPSA) is 78.4 Å². The first-order valence-electron chi connectivity index (χ1n) is 9.86. The number of nitrogens with zero attached hydrogens (tertiary/aromatic N) is 1. The van der Waals surface area contributed by atoms with Gasteiger partial charge in [-0.2, -0.15) is 5.10 Å². The molecule has 1 amide bonds. The zero-order chi connectivity index (χ0) is 24.7. The predicted molar refractivity (Wildman–Crippen MR) is 133 cm³/mol. The molecule has 0 aromatic heterocycles. The Morgan fingerprint density at radius 2 is 1.62 bits per heavy atom. The fraction of sp³-hybridized carbons (Fsp3) is 0.167. The van der Waals surface area contributed by atoms with Crippen molar-refractivity contribution in [1.29, 1.82) is 0 Å². The quantitative estimate of drug-likeness (QED) is 0.274. The summed E-state index contributed by atoms with van der Waals surface area (Å²) in [5, 5.41) is 5.31. The number of nitrogens with one attached hydrogen (secondary N) is 1. The standard InChI is InChI=1S/C24H21Cl3N2O5/c1-31-20-7-5-15(10-21(20)32-2)24(30)29-28-12-14-8-19(27)23(22(9-14)33-3)34-13-16-4-6-17(25)11-18(16)26/h4-12H,13H2,1-3H3,(H,29,30)/b28-12+. The normalized spacial score (nSPS) is 10.8. The molecule has 0 fully saturated rings. The molecule has 7 nitrogen and oxygen atoms in total. The number of hydrazone groups is 1. The Morgan fingerprint density at radius 3 is 2.29 bits per heavy atom. The van der Waals surface area contributed by atoms with Crippen molar-refractivity contribution >= 4 is 46.9 Å². The summed E-state index contributed by atoms with van der Waals surface area (Å²) in [6, 6.07) is 13.2. The van der Waals surface area contributed by atoms with Crippen molar-refractivity contribution in [3.63, 3.8) is 0 Å². The number of benzene rings is 3. The lowest BCUT2D eigenvalue weighted by Crippen LogP contribution is -2.17. The van der Waals surface area contributed by atoms with E-state index in [1.807, 2.05) is 0 Å². The number of hydrogen-bond acceptors (Lipinski definition) is 6. The summed E-state index contributed by atoms with van der Waals surface area (Å²) < 4.78 is 21.6. The van der Waals surface area contributed by atoms with Gasteiger partial charge < -0.3 is 18.9 Å². The van der Waals surface area contributed by atoms with Crippen LogP contribution >= 0.6 is 34.8 Å². The Labute approximate surface area is 212 Å². The molecule has 0 saturated heterocycles. The highest BCUT2D eigenvalue weighted by atomic mass is 35.5. The van der Waals surface area contributed by atoms with Gasteiger partial charge in [-0.3, -0.25) is 4.79 Å². The van der Waals surface area contributed by atoms with Gasteiger partial charge >= 0.3 is 0 Å². The molecule has 0 unspecified atom stereocenters. The van der Waals surface area contributed by atoms with Crippen molar-refractivity contribution in [3.05, 3.63) is 80.3 Å². The maximum atomic E-state index is 12.4. The Balaban J connectivity index is 1.70. The summed E-state index contributed by atoms with van der Waals surface area (Å²) in [5.74, 6) is 1.28. The van der Waals surface area contributed by atoms with Crippen LogP contribution in [0.1, 0.15) is 21.5 Å². The van der Waals surface area contributed by atoms with E-state index in [9.17, 15) is 4.79 Å². The van der Waals surface area contributed by atoms with Gasteiger partial charge in [-0.05, 0) is 48.0 Å². The van der Waals surface area contributed by atoms with Gasteiger partial charge in [0.05, 0.1) is 32.6 Å². The van der Waals surface area contributed by atoms with Gasteiger partial charge in [-0.15, -0.1) is 0 Å². The van der Waals surface area contributed by atoms with Crippen LogP contribution in [0, 0.1) is 0 Å². The Bertz CT molecular complexity index is 1220. The van der Waals surface area contributed by atoms with Crippen LogP contribution in [0.3, 0.4) is 0 Å². The third-order valence-corrected chi connectivity index (χ3v) is 5.53. The van der Waals surface area contributed by atoms with Crippen molar-refractivity contribution in [2.75, 3.05) is 21.3 Å². The van der Waals surface area contributed by atoms with Crippen LogP contribution in [0.4, 0.5) is 0 Å². The van der Waals surface area contributed by atoms with E-state index in [-0.39, 0.29) is 6.61 Å². The number of rotatable bonds is 9. The van der Waals surface area contributed by atoms with Crippen molar-refractivity contribution in [2.45, 2.75) is 6.61 Å². The van der Waals surface area contributed by atoms with E-state index >= 15 is 0 Å². The van der Waals surface area contributed by atoms with E-state index in [0.717, 1.165) is 5.56 Å². The Hall–Kier alpha value is -3.13. The molecule has 0 aliphatic heterocycles. The Morgan fingerprint density at radius 1 is 0.882 bits per heavy atom. The average Bonchev–Trinajstić information content (AvgIpc) is 2.83. The minimum absolute atomic E-state index is 0.168. The number of carbonyl (C=O) groups is 1. The molecule has 1 N–H and O–H groups in total. The van der Waals surface area contributed by atoms with E-state index in [4.69, 9.17) is 53.8 Å². The highest BCUT2D eigenvalue weighted by Gasteiger charge is 2.14. The Kier molecular flexibility index (Phi) is 8.87. The van der Waals surface area contributed by atoms with Crippen LogP contribution < -0.4 is 24.4 Å². The molecule has 0 spiro atoms. The van der Waals surface area contributed by atoms with Gasteiger partial charge in [0.2, 0.25) is 0 Å². The van der Waals surface area contributed by atoms with Crippen LogP contribution in [0.25, 0.3) is 0 Å². The summed E-state index contributed by atoms with van der Waals surface area (Å²) in [6.07, 6.45) is 1.44. The molecule has 0 radical (unpaired) electrons. The molecule has 0 aliphatic rings. The average molecular weight is 524 g/mol. The van der Waals surface area contributed by atoms with Crippen LogP contribution in [0.15, 0.2) is 53.6 Å². The lowest BCUT2D eigenvalue weighted by atomic mass is 10.2. The molecule has 0 bridgehead atoms. The summed E-state index contributed by atoms with van der Waals surface area (Å²) in [4.78, 5) is 12.4. The van der Waals surface area contributed by atoms with Gasteiger partial charge in [0.25, 0.3) is 5.91 Å². The minimum Gasteiger partial charge on any atom is -0.493 e. The molecule has 0 heterocycles. The van der Waals surface area contributed by atoms with Crippen LogP contribution in [-0.4, -0.2) is 33.5 Å². The second-order valence-corrected chi connectivity index (χ2v) is 8.08. The molecule has 0 aliphatic carbocycles. The monoisotopic (exact) mass is 522 g/mol. The fourth-order valence-electron chi connectivity index (χ4n) is 2.95. The number of ether oxygens (including phenoxy) is 4. The maximum Gasteiger partial charge on any atom is 0.271 e. The fourth-order valence-corrected chi connectivity index (χ4v) is 3.69. The van der Waals surface area contributed by atoms with E-state index < -0.39 is 5.91 Å². The summed E-state index contributed by atoms with van der Waals surface area (Å²) in [7, 11) is 4.50. The van der Waals surface area contributed by atoms with Crippen molar-refractivity contribution in [3.8, 4) is 23.0 Å². The predicted octanol–water partition coefficient (Wildman–Crippen LogP) is 6.02. The van der Waals surface area contributed by atoms with E-state index in [1.54, 1.807) is 48.5 Å². The van der Waals surface area contributed by atoms with Crippen LogP contribution in [0.2, 0.25) is 15.1 Å². The van der Waals surface area contributed by atoms with Gasteiger partial charge in [0.15, 0.2) is 23.0 Å². The third-order valence-electron chi connectivity index (χ3n) is 4.66. The van der Waals surface area contributed by atoms with E-state index in [1.165, 1.54) is 27.5 Å². The lowest BCUT2D eigenvalue weighted by Gasteiger charge is -2.14. The highest BCUT2D eigenvalue weighted by Crippen LogP contribution is 2.37. The number of carbonyl (C=O) groups excluding carboxylic acids is 1. The molecule has 0 atom stereocenters. The number of halogens is 3. The first-order valence-corrected chi connectivity index (χ1v) is 11.0. The zero-order valence-corrected chi connectivity index (χ0v) is 20.8. The maximum absolute atomic E-state index is 12.4. The largest absolute Gasteiger partial charge is 0.493 e. The summed E-state index contributed by atoms with van der Waals surface area (Å²) in [5.41, 5.74) is 4.15. The second kappa shape index (κ2) is 11.8. The molecule has 3 rings (SSSR count). The van der Waals surface area contributed by atoms with Gasteiger partial charge in [0.1, 0.15) is 6.61 Å². The summed E-state index contributed by atoms with van der Waals surface area (Å²) in [6.45, 7) is 0.168. The van der Waals surface area contributed by atoms with E-state index in [0.29, 0.717) is 49.2 Å². The highest BCUT2D eigenvalue weighted by molar-refractivity contribution is 6.35. The lowest BCUT2D eigenvalue weighted by molar-refractivity contribution is 0.0954. The molecular weight excluding hydrogens is 503 g/mol. The zero-order valence-electron chi connectivity index (χ0n) is 18.5. The van der Waals surface area contributed by atoms with Gasteiger partial charge in [-0.1, -0.05) is 40.9 Å². The molecule has 3 aromatic carbocycles. The second-order valence-electron chi connectivity index (χ2n) is 6.83. The SMILES string of the molecule is COc1ccc(C(=O)N/N=C/c2cc(Cl)c(OCc3ccc(Cl)cc3Cl)c(OC)c2)cc1OC. The molecule has 3 aromatic rings. The number of amides is 1. The molecule has 0 saturated carbocycles. The molecular formula is C24H21Cl3N2O5. The van der Waals surface area contributed by atoms with Crippen LogP contribution in [-0.2, 0) is 6.61 Å². The van der Waals surface area contributed by atoms with Gasteiger partial charge in [-0.25, -0.2) is 5.43 Å². The first kappa shape index (κ1) is 25.5. The van der Waals surface area contributed by atoms with Gasteiger partial charge in [0, 0.05) is 21.2 Å². The van der Waals surface area contributed by atoms with Crippen molar-refractivity contribution in [2.24, 2.45) is 5.10 Å². The molecule has 178 valence electrons. The molecule has 34 heavy (non-hydrogen) atoms.